The molecule has 3 aromatic rings. The van der Waals surface area contributed by atoms with Gasteiger partial charge in [-0.3, -0.25) is 10.1 Å². The molecule has 0 bridgehead atoms. The number of para-hydroxylation sites is 2. The Morgan fingerprint density at radius 1 is 1.36 bits per heavy atom. The molecule has 0 radical (unpaired) electrons. The topological polar surface area (TPSA) is 114 Å². The minimum absolute atomic E-state index is 0.0573. The maximum atomic E-state index is 11.5. The number of nitro groups is 1. The number of nitrogens with one attached hydrogen (secondary N) is 1. The summed E-state index contributed by atoms with van der Waals surface area (Å²) in [6, 6.07) is 12.4. The Balaban J connectivity index is 2.12. The largest absolute Gasteiger partial charge is 0.493 e. The molecule has 1 heterocycles. The number of nitrogens with zero attached hydrogens (tertiary/aromatic N) is 3. The molecule has 8 nitrogen and oxygen atoms in total. The molecule has 0 fully saturated rings. The van der Waals surface area contributed by atoms with E-state index >= 15 is 0 Å². The van der Waals surface area contributed by atoms with Gasteiger partial charge in [0.2, 0.25) is 5.75 Å². The molecule has 0 amide bonds. The number of methoxy groups -OCH3 is 1. The summed E-state index contributed by atoms with van der Waals surface area (Å²) >= 11 is 0. The maximum absolute atomic E-state index is 11.5. The SMILES string of the molecule is COc1cc(/C=C(/C#N)c2nc3ccccc3[nH]2)cc([N+](=O)[O-])c1OC(C)C. The second-order valence-corrected chi connectivity index (χ2v) is 6.27. The smallest absolute Gasteiger partial charge is 0.315 e. The van der Waals surface area contributed by atoms with Crippen LogP contribution in [0.4, 0.5) is 5.69 Å². The van der Waals surface area contributed by atoms with Crippen molar-refractivity contribution in [2.24, 2.45) is 0 Å². The molecule has 2 aromatic carbocycles. The van der Waals surface area contributed by atoms with Crippen LogP contribution >= 0.6 is 0 Å². The van der Waals surface area contributed by atoms with E-state index in [-0.39, 0.29) is 28.9 Å². The molecule has 1 N–H and O–H groups in total. The fraction of sp³-hybridized carbons (Fsp3) is 0.200. The lowest BCUT2D eigenvalue weighted by Gasteiger charge is -2.14. The van der Waals surface area contributed by atoms with E-state index in [1.54, 1.807) is 19.9 Å². The van der Waals surface area contributed by atoms with E-state index in [0.29, 0.717) is 11.4 Å². The standard InChI is InChI=1S/C20H18N4O4/c1-12(2)28-19-17(24(25)26)9-13(10-18(19)27-3)8-14(11-21)20-22-15-6-4-5-7-16(15)23-20/h4-10,12H,1-3H3,(H,22,23)/b14-8-. The third-order valence-corrected chi connectivity index (χ3v) is 3.90. The minimum atomic E-state index is -0.537. The molecule has 0 unspecified atom stereocenters. The summed E-state index contributed by atoms with van der Waals surface area (Å²) in [5.41, 5.74) is 1.95. The maximum Gasteiger partial charge on any atom is 0.315 e. The summed E-state index contributed by atoms with van der Waals surface area (Å²) in [6.45, 7) is 3.54. The summed E-state index contributed by atoms with van der Waals surface area (Å²) in [5.74, 6) is 0.658. The number of allylic oxidation sites excluding steroid dienone is 1. The van der Waals surface area contributed by atoms with E-state index in [1.165, 1.54) is 19.3 Å². The Morgan fingerprint density at radius 3 is 2.71 bits per heavy atom. The van der Waals surface area contributed by atoms with E-state index in [9.17, 15) is 15.4 Å². The molecule has 0 aliphatic rings. The molecule has 0 aliphatic heterocycles. The monoisotopic (exact) mass is 378 g/mol. The number of H-pyrrole nitrogens is 1. The highest BCUT2D eigenvalue weighted by Crippen LogP contribution is 2.39. The van der Waals surface area contributed by atoms with Crippen LogP contribution in [0.3, 0.4) is 0 Å². The summed E-state index contributed by atoms with van der Waals surface area (Å²) in [6.07, 6.45) is 1.26. The van der Waals surface area contributed by atoms with E-state index in [0.717, 1.165) is 11.0 Å². The molecule has 0 saturated heterocycles. The molecule has 28 heavy (non-hydrogen) atoms. The number of nitriles is 1. The van der Waals surface area contributed by atoms with Crippen molar-refractivity contribution in [2.45, 2.75) is 20.0 Å². The van der Waals surface area contributed by atoms with Gasteiger partial charge in [0.25, 0.3) is 0 Å². The van der Waals surface area contributed by atoms with E-state index in [4.69, 9.17) is 9.47 Å². The highest BCUT2D eigenvalue weighted by Gasteiger charge is 2.23. The van der Waals surface area contributed by atoms with E-state index < -0.39 is 4.92 Å². The van der Waals surface area contributed by atoms with Crippen LogP contribution in [0.2, 0.25) is 0 Å². The van der Waals surface area contributed by atoms with Crippen molar-refractivity contribution in [1.29, 1.82) is 5.26 Å². The first-order valence-corrected chi connectivity index (χ1v) is 8.53. The molecule has 0 spiro atoms. The molecule has 142 valence electrons. The molecule has 1 aromatic heterocycles. The second kappa shape index (κ2) is 7.80. The predicted octanol–water partition coefficient (Wildman–Crippen LogP) is 4.33. The van der Waals surface area contributed by atoms with Gasteiger partial charge in [0.1, 0.15) is 11.9 Å². The average Bonchev–Trinajstić information content (AvgIpc) is 3.10. The van der Waals surface area contributed by atoms with Gasteiger partial charge in [-0.1, -0.05) is 12.1 Å². The fourth-order valence-electron chi connectivity index (χ4n) is 2.73. The van der Waals surface area contributed by atoms with Crippen molar-refractivity contribution in [2.75, 3.05) is 7.11 Å². The number of aromatic amines is 1. The highest BCUT2D eigenvalue weighted by atomic mass is 16.6. The molecule has 0 aliphatic carbocycles. The first-order valence-electron chi connectivity index (χ1n) is 8.53. The molecular formula is C20H18N4O4. The van der Waals surface area contributed by atoms with Gasteiger partial charge in [-0.25, -0.2) is 4.98 Å². The van der Waals surface area contributed by atoms with Crippen LogP contribution in [0.25, 0.3) is 22.7 Å². The van der Waals surface area contributed by atoms with E-state index in [1.807, 2.05) is 24.3 Å². The zero-order valence-corrected chi connectivity index (χ0v) is 15.6. The zero-order valence-electron chi connectivity index (χ0n) is 15.6. The Morgan fingerprint density at radius 2 is 2.11 bits per heavy atom. The van der Waals surface area contributed by atoms with Gasteiger partial charge in [-0.05, 0) is 43.7 Å². The van der Waals surface area contributed by atoms with Crippen LogP contribution in [0.1, 0.15) is 25.2 Å². The Labute approximate surface area is 161 Å². The quantitative estimate of drug-likeness (QED) is 0.388. The number of fused-ring (bicyclic) bond motifs is 1. The Hall–Kier alpha value is -3.86. The van der Waals surface area contributed by atoms with Crippen molar-refractivity contribution in [3.8, 4) is 17.6 Å². The number of hydrogen-bond donors (Lipinski definition) is 1. The lowest BCUT2D eigenvalue weighted by molar-refractivity contribution is -0.386. The number of imidazole rings is 1. The average molecular weight is 378 g/mol. The van der Waals surface area contributed by atoms with Gasteiger partial charge in [0.05, 0.1) is 34.7 Å². The summed E-state index contributed by atoms with van der Waals surface area (Å²) in [4.78, 5) is 18.5. The zero-order chi connectivity index (χ0) is 20.3. The number of hydrogen-bond acceptors (Lipinski definition) is 6. The Bertz CT molecular complexity index is 1080. The third kappa shape index (κ3) is 3.78. The van der Waals surface area contributed by atoms with Gasteiger partial charge in [0.15, 0.2) is 5.75 Å². The summed E-state index contributed by atoms with van der Waals surface area (Å²) in [5, 5.41) is 21.1. The minimum Gasteiger partial charge on any atom is -0.493 e. The van der Waals surface area contributed by atoms with Gasteiger partial charge >= 0.3 is 5.69 Å². The number of ether oxygens (including phenoxy) is 2. The van der Waals surface area contributed by atoms with Crippen LogP contribution in [-0.2, 0) is 0 Å². The van der Waals surface area contributed by atoms with Crippen LogP contribution in [0.5, 0.6) is 11.5 Å². The van der Waals surface area contributed by atoms with Crippen molar-refractivity contribution in [1.82, 2.24) is 9.97 Å². The van der Waals surface area contributed by atoms with Crippen LogP contribution < -0.4 is 9.47 Å². The first kappa shape index (κ1) is 18.9. The highest BCUT2D eigenvalue weighted by molar-refractivity contribution is 5.91. The van der Waals surface area contributed by atoms with Gasteiger partial charge in [-0.15, -0.1) is 0 Å². The third-order valence-electron chi connectivity index (χ3n) is 3.90. The van der Waals surface area contributed by atoms with Gasteiger partial charge < -0.3 is 14.5 Å². The van der Waals surface area contributed by atoms with Crippen LogP contribution in [0, 0.1) is 21.4 Å². The van der Waals surface area contributed by atoms with Crippen molar-refractivity contribution in [3.05, 3.63) is 57.9 Å². The number of benzene rings is 2. The normalized spacial score (nSPS) is 11.5. The fourth-order valence-corrected chi connectivity index (χ4v) is 2.73. The number of rotatable bonds is 6. The summed E-state index contributed by atoms with van der Waals surface area (Å²) in [7, 11) is 1.41. The van der Waals surface area contributed by atoms with Gasteiger partial charge in [0, 0.05) is 6.07 Å². The van der Waals surface area contributed by atoms with E-state index in [2.05, 4.69) is 16.0 Å². The number of nitro benzene ring substituents is 1. The lowest BCUT2D eigenvalue weighted by atomic mass is 10.1. The lowest BCUT2D eigenvalue weighted by Crippen LogP contribution is -2.09. The molecule has 8 heteroatoms. The molecule has 0 atom stereocenters. The summed E-state index contributed by atoms with van der Waals surface area (Å²) < 4.78 is 10.9. The molecular weight excluding hydrogens is 360 g/mol. The Kier molecular flexibility index (Phi) is 5.27. The van der Waals surface area contributed by atoms with Crippen LogP contribution in [-0.4, -0.2) is 28.1 Å². The second-order valence-electron chi connectivity index (χ2n) is 6.27. The van der Waals surface area contributed by atoms with Gasteiger partial charge in [-0.2, -0.15) is 5.26 Å². The first-order chi connectivity index (χ1) is 13.4. The van der Waals surface area contributed by atoms with Crippen LogP contribution in [0.15, 0.2) is 36.4 Å². The molecule has 3 rings (SSSR count). The molecule has 0 saturated carbocycles. The van der Waals surface area contributed by atoms with Crippen molar-refractivity contribution >= 4 is 28.4 Å². The predicted molar refractivity (Wildman–Crippen MR) is 105 cm³/mol. The van der Waals surface area contributed by atoms with Crippen molar-refractivity contribution in [3.63, 3.8) is 0 Å². The number of aromatic nitrogens is 2. The van der Waals surface area contributed by atoms with Crippen molar-refractivity contribution < 1.29 is 14.4 Å².